The highest BCUT2D eigenvalue weighted by molar-refractivity contribution is 5.68. The minimum absolute atomic E-state index is 0.207. The molecular weight excluding hydrogens is 190 g/mol. The third kappa shape index (κ3) is 4.11. The van der Waals surface area contributed by atoms with E-state index in [4.69, 9.17) is 4.74 Å². The second-order valence-corrected chi connectivity index (χ2v) is 4.56. The molecule has 0 unspecified atom stereocenters. The molecule has 1 aromatic heterocycles. The zero-order valence-corrected chi connectivity index (χ0v) is 9.78. The fraction of sp³-hybridized carbons (Fsp3) is 0.500. The SMILES string of the molecule is Cc1cccc[n+]1CC(=O)OC(C)(C)C. The summed E-state index contributed by atoms with van der Waals surface area (Å²) in [6.07, 6.45) is 1.87. The molecule has 1 rings (SSSR count). The predicted octanol–water partition coefficient (Wildman–Crippen LogP) is 1.62. The minimum Gasteiger partial charge on any atom is -0.455 e. The number of rotatable bonds is 2. The fourth-order valence-corrected chi connectivity index (χ4v) is 1.25. The zero-order chi connectivity index (χ0) is 11.5. The standard InChI is InChI=1S/C12H18NO2/c1-10-7-5-6-8-13(10)9-11(14)15-12(2,3)4/h5-8H,9H2,1-4H3/q+1. The molecule has 0 saturated heterocycles. The van der Waals surface area contributed by atoms with Crippen LogP contribution in [0.5, 0.6) is 0 Å². The molecule has 0 aliphatic heterocycles. The smallest absolute Gasteiger partial charge is 0.373 e. The van der Waals surface area contributed by atoms with Crippen molar-refractivity contribution in [3.05, 3.63) is 30.1 Å². The molecule has 0 atom stereocenters. The topological polar surface area (TPSA) is 30.2 Å². The number of carbonyl (C=O) groups excluding carboxylic acids is 1. The van der Waals surface area contributed by atoms with Crippen LogP contribution < -0.4 is 4.57 Å². The van der Waals surface area contributed by atoms with Crippen molar-refractivity contribution in [2.24, 2.45) is 0 Å². The lowest BCUT2D eigenvalue weighted by molar-refractivity contribution is -0.692. The van der Waals surface area contributed by atoms with E-state index in [0.717, 1.165) is 5.69 Å². The lowest BCUT2D eigenvalue weighted by Crippen LogP contribution is -2.42. The molecule has 15 heavy (non-hydrogen) atoms. The van der Waals surface area contributed by atoms with E-state index in [1.54, 1.807) is 0 Å². The maximum absolute atomic E-state index is 11.5. The lowest BCUT2D eigenvalue weighted by atomic mass is 10.2. The van der Waals surface area contributed by atoms with Crippen molar-refractivity contribution < 1.29 is 14.1 Å². The first-order valence-corrected chi connectivity index (χ1v) is 5.05. The minimum atomic E-state index is -0.416. The van der Waals surface area contributed by atoms with Gasteiger partial charge in [0.05, 0.1) is 0 Å². The van der Waals surface area contributed by atoms with Gasteiger partial charge in [0.1, 0.15) is 5.60 Å². The average Bonchev–Trinajstić information content (AvgIpc) is 2.05. The second-order valence-electron chi connectivity index (χ2n) is 4.56. The van der Waals surface area contributed by atoms with E-state index in [1.165, 1.54) is 0 Å². The molecule has 0 aliphatic rings. The molecule has 0 aliphatic carbocycles. The van der Waals surface area contributed by atoms with Gasteiger partial charge in [0.15, 0.2) is 11.9 Å². The third-order valence-corrected chi connectivity index (χ3v) is 1.89. The Bertz CT molecular complexity index is 353. The van der Waals surface area contributed by atoms with Crippen molar-refractivity contribution in [2.75, 3.05) is 0 Å². The molecule has 3 heteroatoms. The van der Waals surface area contributed by atoms with Crippen LogP contribution in [0.1, 0.15) is 26.5 Å². The van der Waals surface area contributed by atoms with Crippen molar-refractivity contribution in [1.29, 1.82) is 0 Å². The first-order chi connectivity index (χ1) is 6.88. The van der Waals surface area contributed by atoms with Crippen LogP contribution in [0, 0.1) is 6.92 Å². The Morgan fingerprint density at radius 3 is 2.60 bits per heavy atom. The van der Waals surface area contributed by atoms with E-state index >= 15 is 0 Å². The Morgan fingerprint density at radius 1 is 1.40 bits per heavy atom. The summed E-state index contributed by atoms with van der Waals surface area (Å²) < 4.78 is 7.11. The Morgan fingerprint density at radius 2 is 2.07 bits per heavy atom. The van der Waals surface area contributed by atoms with Crippen LogP contribution in [0.3, 0.4) is 0 Å². The molecule has 0 amide bonds. The van der Waals surface area contributed by atoms with Crippen LogP contribution >= 0.6 is 0 Å². The largest absolute Gasteiger partial charge is 0.455 e. The normalized spacial score (nSPS) is 11.2. The van der Waals surface area contributed by atoms with Crippen molar-refractivity contribution in [2.45, 2.75) is 39.8 Å². The number of nitrogens with zero attached hydrogens (tertiary/aromatic N) is 1. The second kappa shape index (κ2) is 4.43. The van der Waals surface area contributed by atoms with E-state index in [1.807, 2.05) is 56.7 Å². The summed E-state index contributed by atoms with van der Waals surface area (Å²) in [4.78, 5) is 11.5. The van der Waals surface area contributed by atoms with Gasteiger partial charge >= 0.3 is 5.97 Å². The highest BCUT2D eigenvalue weighted by Gasteiger charge is 2.20. The van der Waals surface area contributed by atoms with Gasteiger partial charge < -0.3 is 4.74 Å². The Labute approximate surface area is 90.7 Å². The van der Waals surface area contributed by atoms with Crippen LogP contribution in [0.2, 0.25) is 0 Å². The molecule has 0 bridgehead atoms. The van der Waals surface area contributed by atoms with Crippen LogP contribution in [0.4, 0.5) is 0 Å². The van der Waals surface area contributed by atoms with Crippen molar-refractivity contribution in [1.82, 2.24) is 0 Å². The van der Waals surface area contributed by atoms with Gasteiger partial charge in [0, 0.05) is 19.1 Å². The maximum atomic E-state index is 11.5. The molecular formula is C12H18NO2+. The van der Waals surface area contributed by atoms with Gasteiger partial charge in [-0.1, -0.05) is 6.07 Å². The van der Waals surface area contributed by atoms with Gasteiger partial charge in [0.2, 0.25) is 6.54 Å². The molecule has 0 fully saturated rings. The highest BCUT2D eigenvalue weighted by Crippen LogP contribution is 2.06. The lowest BCUT2D eigenvalue weighted by Gasteiger charge is -2.18. The predicted molar refractivity (Wildman–Crippen MR) is 57.2 cm³/mol. The fourth-order valence-electron chi connectivity index (χ4n) is 1.25. The number of hydrogen-bond donors (Lipinski definition) is 0. The quantitative estimate of drug-likeness (QED) is 0.546. The van der Waals surface area contributed by atoms with E-state index in [9.17, 15) is 4.79 Å². The van der Waals surface area contributed by atoms with E-state index < -0.39 is 5.60 Å². The number of aryl methyl sites for hydroxylation is 1. The van der Waals surface area contributed by atoms with Crippen LogP contribution in [-0.4, -0.2) is 11.6 Å². The van der Waals surface area contributed by atoms with Gasteiger partial charge in [0.25, 0.3) is 0 Å². The summed E-state index contributed by atoms with van der Waals surface area (Å²) in [5.41, 5.74) is 0.628. The number of aromatic nitrogens is 1. The Balaban J connectivity index is 2.64. The Hall–Kier alpha value is -1.38. The Kier molecular flexibility index (Phi) is 3.45. The number of esters is 1. The molecule has 1 aromatic rings. The number of ether oxygens (including phenoxy) is 1. The molecule has 3 nitrogen and oxygen atoms in total. The van der Waals surface area contributed by atoms with Gasteiger partial charge in [-0.25, -0.2) is 4.79 Å². The van der Waals surface area contributed by atoms with E-state index in [2.05, 4.69) is 0 Å². The molecule has 82 valence electrons. The van der Waals surface area contributed by atoms with E-state index in [0.29, 0.717) is 0 Å². The monoisotopic (exact) mass is 208 g/mol. The van der Waals surface area contributed by atoms with Crippen molar-refractivity contribution in [3.63, 3.8) is 0 Å². The maximum Gasteiger partial charge on any atom is 0.373 e. The molecule has 0 aromatic carbocycles. The number of carbonyl (C=O) groups is 1. The third-order valence-electron chi connectivity index (χ3n) is 1.89. The molecule has 0 radical (unpaired) electrons. The van der Waals surface area contributed by atoms with E-state index in [-0.39, 0.29) is 12.5 Å². The van der Waals surface area contributed by atoms with Crippen molar-refractivity contribution >= 4 is 5.97 Å². The van der Waals surface area contributed by atoms with Crippen LogP contribution in [0.25, 0.3) is 0 Å². The molecule has 0 saturated carbocycles. The molecule has 1 heterocycles. The first kappa shape index (κ1) is 11.7. The van der Waals surface area contributed by atoms with Gasteiger partial charge in [-0.2, -0.15) is 4.57 Å². The van der Waals surface area contributed by atoms with Gasteiger partial charge in [-0.3, -0.25) is 0 Å². The highest BCUT2D eigenvalue weighted by atomic mass is 16.6. The van der Waals surface area contributed by atoms with Crippen LogP contribution in [0.15, 0.2) is 24.4 Å². The molecule has 0 spiro atoms. The summed E-state index contributed by atoms with van der Waals surface area (Å²) in [5, 5.41) is 0. The summed E-state index contributed by atoms with van der Waals surface area (Å²) in [5.74, 6) is -0.207. The average molecular weight is 208 g/mol. The zero-order valence-electron chi connectivity index (χ0n) is 9.78. The number of hydrogen-bond acceptors (Lipinski definition) is 2. The summed E-state index contributed by atoms with van der Waals surface area (Å²) in [7, 11) is 0. The first-order valence-electron chi connectivity index (χ1n) is 5.05. The molecule has 0 N–H and O–H groups in total. The van der Waals surface area contributed by atoms with Crippen LogP contribution in [-0.2, 0) is 16.1 Å². The summed E-state index contributed by atoms with van der Waals surface area (Å²) >= 11 is 0. The van der Waals surface area contributed by atoms with Crippen molar-refractivity contribution in [3.8, 4) is 0 Å². The van der Waals surface area contributed by atoms with Gasteiger partial charge in [-0.05, 0) is 20.8 Å². The van der Waals surface area contributed by atoms with Gasteiger partial charge in [-0.15, -0.1) is 0 Å². The summed E-state index contributed by atoms with van der Waals surface area (Å²) in [6, 6.07) is 5.81. The summed E-state index contributed by atoms with van der Waals surface area (Å²) in [6.45, 7) is 7.84. The number of pyridine rings is 1.